The lowest BCUT2D eigenvalue weighted by atomic mass is 10.2. The van der Waals surface area contributed by atoms with Gasteiger partial charge in [0, 0.05) is 71.5 Å². The average Bonchev–Trinajstić information content (AvgIpc) is 3.96. The summed E-state index contributed by atoms with van der Waals surface area (Å²) in [4.78, 5) is 30.5. The van der Waals surface area contributed by atoms with Crippen LogP contribution in [-0.4, -0.2) is 39.9 Å². The van der Waals surface area contributed by atoms with Crippen molar-refractivity contribution in [2.75, 3.05) is 0 Å². The molecule has 8 aromatic rings. The van der Waals surface area contributed by atoms with E-state index < -0.39 is 0 Å². The van der Waals surface area contributed by atoms with E-state index in [2.05, 4.69) is 95.3 Å². The van der Waals surface area contributed by atoms with Crippen molar-refractivity contribution < 1.29 is 0 Å². The summed E-state index contributed by atoms with van der Waals surface area (Å²) >= 11 is 0. The Labute approximate surface area is 293 Å². The van der Waals surface area contributed by atoms with Crippen LogP contribution in [0.2, 0.25) is 0 Å². The van der Waals surface area contributed by atoms with E-state index in [-0.39, 0.29) is 0 Å². The number of hydrogen-bond donors (Lipinski definition) is 3. The fourth-order valence-corrected chi connectivity index (χ4v) is 5.93. The standard InChI is InChI=1S/C9H11N.C9H9N.3C8H8N2/c1-7-5-8-3-2-4-9(8)10-6-7;1-7-5-6-8-3-2-4-9(8)10-7;1-6-4-7-2-3-9-8(7)5-10-6;1-6-4-8-7(10-5-6)2-3-9-8;1-6-4-7-2-3-9-8(7)10-5-6/h5-6H,2-4H2,1H3;2-3,5-6H,4H2,1H3;2*2-5,9H,1H3;2-5H,1H3,(H,9,10). The molecule has 0 atom stereocenters. The summed E-state index contributed by atoms with van der Waals surface area (Å²) in [6.07, 6.45) is 22.3. The van der Waals surface area contributed by atoms with Crippen LogP contribution in [0.4, 0.5) is 0 Å². The summed E-state index contributed by atoms with van der Waals surface area (Å²) in [5.74, 6) is 0. The number of aryl methyl sites for hydroxylation is 7. The second-order valence-electron chi connectivity index (χ2n) is 12.8. The number of aromatic amines is 3. The van der Waals surface area contributed by atoms with Crippen molar-refractivity contribution in [1.82, 2.24) is 39.9 Å². The highest BCUT2D eigenvalue weighted by Gasteiger charge is 2.10. The Bertz CT molecular complexity index is 2180. The van der Waals surface area contributed by atoms with E-state index >= 15 is 0 Å². The van der Waals surface area contributed by atoms with Gasteiger partial charge in [-0.25, -0.2) is 4.98 Å². The zero-order valence-corrected chi connectivity index (χ0v) is 29.5. The fraction of sp³-hybridized carbons (Fsp3) is 0.214. The molecule has 252 valence electrons. The van der Waals surface area contributed by atoms with Crippen LogP contribution >= 0.6 is 0 Å². The molecule has 10 rings (SSSR count). The Morgan fingerprint density at radius 2 is 1.30 bits per heavy atom. The van der Waals surface area contributed by atoms with Crippen LogP contribution in [0.1, 0.15) is 57.0 Å². The molecule has 0 saturated carbocycles. The van der Waals surface area contributed by atoms with E-state index in [9.17, 15) is 0 Å². The summed E-state index contributed by atoms with van der Waals surface area (Å²) < 4.78 is 0. The summed E-state index contributed by atoms with van der Waals surface area (Å²) in [6.45, 7) is 10.2. The fourth-order valence-electron chi connectivity index (χ4n) is 5.93. The molecule has 0 aliphatic heterocycles. The van der Waals surface area contributed by atoms with Gasteiger partial charge in [-0.1, -0.05) is 24.3 Å². The second-order valence-corrected chi connectivity index (χ2v) is 12.8. The zero-order valence-electron chi connectivity index (χ0n) is 29.5. The Balaban J connectivity index is 0.000000108. The minimum Gasteiger partial charge on any atom is -0.360 e. The van der Waals surface area contributed by atoms with Gasteiger partial charge in [0.25, 0.3) is 0 Å². The molecule has 0 unspecified atom stereocenters. The Morgan fingerprint density at radius 3 is 2.20 bits per heavy atom. The maximum atomic E-state index is 4.39. The highest BCUT2D eigenvalue weighted by atomic mass is 14.8. The highest BCUT2D eigenvalue weighted by molar-refractivity contribution is 5.78. The first-order chi connectivity index (χ1) is 24.3. The van der Waals surface area contributed by atoms with E-state index in [0.29, 0.717) is 0 Å². The predicted octanol–water partition coefficient (Wildman–Crippen LogP) is 9.45. The van der Waals surface area contributed by atoms with Gasteiger partial charge in [-0.2, -0.15) is 0 Å². The number of hydrogen-bond acceptors (Lipinski definition) is 5. The molecule has 2 aliphatic rings. The molecule has 8 aromatic heterocycles. The molecule has 0 bridgehead atoms. The maximum Gasteiger partial charge on any atom is 0.137 e. The van der Waals surface area contributed by atoms with Gasteiger partial charge in [0.05, 0.1) is 28.4 Å². The SMILES string of the molecule is Cc1cc2cc[nH]c2cn1.Cc1ccc2c(n1)CC=C2.Cc1cnc2[nH]ccc2c1.Cc1cnc2c(c1)CCC2.Cc1cnc2cc[nH]c2c1. The third kappa shape index (κ3) is 8.96. The molecule has 0 fully saturated rings. The molecule has 0 amide bonds. The van der Waals surface area contributed by atoms with Crippen LogP contribution in [0, 0.1) is 34.6 Å². The number of aromatic nitrogens is 8. The van der Waals surface area contributed by atoms with Gasteiger partial charge in [0.15, 0.2) is 0 Å². The minimum atomic E-state index is 0.964. The van der Waals surface area contributed by atoms with Gasteiger partial charge in [-0.15, -0.1) is 0 Å². The van der Waals surface area contributed by atoms with Gasteiger partial charge in [0.1, 0.15) is 5.65 Å². The third-order valence-electron chi connectivity index (χ3n) is 8.46. The topological polar surface area (TPSA) is 112 Å². The van der Waals surface area contributed by atoms with Crippen LogP contribution in [0.15, 0.2) is 104 Å². The minimum absolute atomic E-state index is 0.964. The van der Waals surface area contributed by atoms with Crippen LogP contribution in [0.3, 0.4) is 0 Å². The molecule has 8 heteroatoms. The normalized spacial score (nSPS) is 12.1. The Kier molecular flexibility index (Phi) is 10.9. The molecular weight excluding hydrogens is 617 g/mol. The Morgan fingerprint density at radius 1 is 0.560 bits per heavy atom. The van der Waals surface area contributed by atoms with E-state index in [1.807, 2.05) is 89.3 Å². The molecule has 8 nitrogen and oxygen atoms in total. The maximum absolute atomic E-state index is 4.39. The summed E-state index contributed by atoms with van der Waals surface area (Å²) in [5, 5.41) is 2.41. The van der Waals surface area contributed by atoms with Crippen LogP contribution in [-0.2, 0) is 19.3 Å². The van der Waals surface area contributed by atoms with Crippen molar-refractivity contribution in [1.29, 1.82) is 0 Å². The predicted molar refractivity (Wildman–Crippen MR) is 205 cm³/mol. The van der Waals surface area contributed by atoms with Crippen molar-refractivity contribution in [3.8, 4) is 0 Å². The third-order valence-corrected chi connectivity index (χ3v) is 8.46. The van der Waals surface area contributed by atoms with Crippen molar-refractivity contribution in [2.24, 2.45) is 0 Å². The van der Waals surface area contributed by atoms with Crippen LogP contribution in [0.25, 0.3) is 39.0 Å². The average molecular weight is 661 g/mol. The molecule has 8 heterocycles. The number of nitrogens with one attached hydrogen (secondary N) is 3. The lowest BCUT2D eigenvalue weighted by Crippen LogP contribution is -1.89. The molecule has 0 radical (unpaired) electrons. The lowest BCUT2D eigenvalue weighted by molar-refractivity contribution is 0.899. The molecule has 0 aromatic carbocycles. The van der Waals surface area contributed by atoms with Crippen molar-refractivity contribution in [3.63, 3.8) is 0 Å². The molecule has 0 spiro atoms. The second kappa shape index (κ2) is 16.0. The number of rotatable bonds is 0. The monoisotopic (exact) mass is 660 g/mol. The number of pyridine rings is 5. The highest BCUT2D eigenvalue weighted by Crippen LogP contribution is 2.20. The van der Waals surface area contributed by atoms with Gasteiger partial charge in [-0.05, 0) is 124 Å². The molecular formula is C42H44N8. The van der Waals surface area contributed by atoms with Crippen LogP contribution in [0.5, 0.6) is 0 Å². The Hall–Kier alpha value is -5.89. The number of nitrogens with zero attached hydrogens (tertiary/aromatic N) is 5. The first-order valence-corrected chi connectivity index (χ1v) is 17.1. The number of H-pyrrole nitrogens is 3. The molecule has 0 saturated heterocycles. The number of fused-ring (bicyclic) bond motifs is 5. The zero-order chi connectivity index (χ0) is 34.9. The van der Waals surface area contributed by atoms with E-state index in [1.54, 1.807) is 0 Å². The number of allylic oxidation sites excluding steroid dienone is 1. The van der Waals surface area contributed by atoms with E-state index in [1.165, 1.54) is 69.2 Å². The van der Waals surface area contributed by atoms with Crippen molar-refractivity contribution in [3.05, 3.63) is 155 Å². The van der Waals surface area contributed by atoms with Crippen molar-refractivity contribution >= 4 is 39.0 Å². The van der Waals surface area contributed by atoms with Crippen molar-refractivity contribution in [2.45, 2.75) is 60.3 Å². The van der Waals surface area contributed by atoms with Gasteiger partial charge < -0.3 is 15.0 Å². The molecule has 50 heavy (non-hydrogen) atoms. The molecule has 2 aliphatic carbocycles. The first kappa shape index (κ1) is 34.0. The quantitative estimate of drug-likeness (QED) is 0.150. The largest absolute Gasteiger partial charge is 0.360 e. The summed E-state index contributed by atoms with van der Waals surface area (Å²) in [7, 11) is 0. The lowest BCUT2D eigenvalue weighted by Gasteiger charge is -1.97. The first-order valence-electron chi connectivity index (χ1n) is 17.1. The van der Waals surface area contributed by atoms with Gasteiger partial charge in [-0.3, -0.25) is 19.9 Å². The smallest absolute Gasteiger partial charge is 0.137 e. The summed E-state index contributed by atoms with van der Waals surface area (Å²) in [5.41, 5.74) is 15.4. The van der Waals surface area contributed by atoms with Gasteiger partial charge >= 0.3 is 0 Å². The van der Waals surface area contributed by atoms with E-state index in [0.717, 1.165) is 40.0 Å². The van der Waals surface area contributed by atoms with Gasteiger partial charge in [0.2, 0.25) is 0 Å². The summed E-state index contributed by atoms with van der Waals surface area (Å²) in [6, 6.07) is 18.7. The van der Waals surface area contributed by atoms with Crippen LogP contribution < -0.4 is 0 Å². The molecule has 3 N–H and O–H groups in total. The van der Waals surface area contributed by atoms with E-state index in [4.69, 9.17) is 0 Å².